The lowest BCUT2D eigenvalue weighted by Crippen LogP contribution is -2.21. The smallest absolute Gasteiger partial charge is 0.385 e. The summed E-state index contributed by atoms with van der Waals surface area (Å²) in [5.41, 5.74) is 2.43. The van der Waals surface area contributed by atoms with Gasteiger partial charge in [-0.15, -0.1) is 0 Å². The second-order valence-corrected chi connectivity index (χ2v) is 6.41. The van der Waals surface area contributed by atoms with Crippen molar-refractivity contribution in [3.8, 4) is 0 Å². The number of aromatic nitrogens is 1. The number of H-pyrrole nitrogens is 1. The van der Waals surface area contributed by atoms with Crippen LogP contribution in [0.15, 0.2) is 29.1 Å². The van der Waals surface area contributed by atoms with Crippen LogP contribution in [0.3, 0.4) is 0 Å². The van der Waals surface area contributed by atoms with Crippen LogP contribution in [-0.4, -0.2) is 25.2 Å². The third kappa shape index (κ3) is 5.35. The van der Waals surface area contributed by atoms with Crippen molar-refractivity contribution in [3.63, 3.8) is 0 Å². The van der Waals surface area contributed by atoms with Gasteiger partial charge in [0.25, 0.3) is 5.56 Å². The number of nitrogens with one attached hydrogen (secondary N) is 2. The summed E-state index contributed by atoms with van der Waals surface area (Å²) in [5, 5.41) is 3.14. The number of hydrogen-bond donors (Lipinski definition) is 2. The number of pyridine rings is 1. The number of ether oxygens (including phenoxy) is 1. The minimum absolute atomic E-state index is 0.254. The lowest BCUT2D eigenvalue weighted by Gasteiger charge is -2.18. The molecule has 0 bridgehead atoms. The third-order valence-electron chi connectivity index (χ3n) is 4.46. The van der Waals surface area contributed by atoms with Crippen LogP contribution < -0.4 is 10.9 Å². The molecule has 0 amide bonds. The zero-order valence-corrected chi connectivity index (χ0v) is 15.8. The van der Waals surface area contributed by atoms with Gasteiger partial charge >= 0.3 is 6.18 Å². The first-order valence-electron chi connectivity index (χ1n) is 8.91. The maximum atomic E-state index is 13.0. The van der Waals surface area contributed by atoms with E-state index >= 15 is 0 Å². The maximum Gasteiger partial charge on any atom is 0.416 e. The van der Waals surface area contributed by atoms with Gasteiger partial charge in [0, 0.05) is 32.4 Å². The highest BCUT2D eigenvalue weighted by Crippen LogP contribution is 2.31. The minimum Gasteiger partial charge on any atom is -0.385 e. The van der Waals surface area contributed by atoms with Gasteiger partial charge in [-0.1, -0.05) is 25.1 Å². The Labute approximate surface area is 156 Å². The molecule has 2 rings (SSSR count). The number of hydrogen-bond acceptors (Lipinski definition) is 3. The molecule has 148 valence electrons. The Balaban J connectivity index is 2.43. The standard InChI is InChI=1S/C20H25F3N2O2/c1-4-16-13(2)25-19(26)18(24-9-6-10-27-3)17(16)12-14-7-5-8-15(11-14)20(21,22)23/h5,7-8,11,24H,4,6,9-10,12H2,1-3H3,(H,25,26). The Kier molecular flexibility index (Phi) is 7.07. The number of alkyl halides is 3. The van der Waals surface area contributed by atoms with E-state index in [1.54, 1.807) is 13.2 Å². The van der Waals surface area contributed by atoms with Crippen molar-refractivity contribution in [2.24, 2.45) is 0 Å². The number of aryl methyl sites for hydroxylation is 1. The molecule has 0 aliphatic heterocycles. The van der Waals surface area contributed by atoms with Crippen molar-refractivity contribution < 1.29 is 17.9 Å². The maximum absolute atomic E-state index is 13.0. The second-order valence-electron chi connectivity index (χ2n) is 6.41. The summed E-state index contributed by atoms with van der Waals surface area (Å²) in [6.07, 6.45) is -2.75. The van der Waals surface area contributed by atoms with Gasteiger partial charge in [0.05, 0.1) is 5.56 Å². The van der Waals surface area contributed by atoms with Crippen LogP contribution in [0.25, 0.3) is 0 Å². The molecular formula is C20H25F3N2O2. The first kappa shape index (κ1) is 21.0. The summed E-state index contributed by atoms with van der Waals surface area (Å²) >= 11 is 0. The van der Waals surface area contributed by atoms with E-state index in [1.165, 1.54) is 6.07 Å². The summed E-state index contributed by atoms with van der Waals surface area (Å²) in [6, 6.07) is 5.25. The molecule has 2 N–H and O–H groups in total. The van der Waals surface area contributed by atoms with E-state index in [0.717, 1.165) is 29.0 Å². The topological polar surface area (TPSA) is 54.1 Å². The molecule has 0 unspecified atom stereocenters. The Morgan fingerprint density at radius 3 is 2.59 bits per heavy atom. The zero-order chi connectivity index (χ0) is 20.0. The molecule has 0 aliphatic carbocycles. The van der Waals surface area contributed by atoms with Gasteiger partial charge in [0.15, 0.2) is 0 Å². The van der Waals surface area contributed by atoms with E-state index < -0.39 is 11.7 Å². The Bertz CT molecular complexity index is 829. The highest BCUT2D eigenvalue weighted by Gasteiger charge is 2.30. The van der Waals surface area contributed by atoms with Crippen molar-refractivity contribution in [2.45, 2.75) is 39.3 Å². The van der Waals surface area contributed by atoms with Gasteiger partial charge in [-0.2, -0.15) is 13.2 Å². The number of aromatic amines is 1. The van der Waals surface area contributed by atoms with Gasteiger partial charge in [-0.25, -0.2) is 0 Å². The van der Waals surface area contributed by atoms with Crippen molar-refractivity contribution in [1.29, 1.82) is 0 Å². The fourth-order valence-electron chi connectivity index (χ4n) is 3.17. The van der Waals surface area contributed by atoms with Crippen LogP contribution in [-0.2, 0) is 23.8 Å². The van der Waals surface area contributed by atoms with Gasteiger partial charge < -0.3 is 15.0 Å². The molecule has 0 fully saturated rings. The summed E-state index contributed by atoms with van der Waals surface area (Å²) in [7, 11) is 1.60. The number of halogens is 3. The highest BCUT2D eigenvalue weighted by molar-refractivity contribution is 5.56. The normalized spacial score (nSPS) is 11.6. The monoisotopic (exact) mass is 382 g/mol. The first-order chi connectivity index (χ1) is 12.8. The first-order valence-corrected chi connectivity index (χ1v) is 8.91. The lowest BCUT2D eigenvalue weighted by atomic mass is 9.95. The highest BCUT2D eigenvalue weighted by atomic mass is 19.4. The summed E-state index contributed by atoms with van der Waals surface area (Å²) in [4.78, 5) is 15.3. The van der Waals surface area contributed by atoms with Gasteiger partial charge in [0.2, 0.25) is 0 Å². The summed E-state index contributed by atoms with van der Waals surface area (Å²) in [5.74, 6) is 0. The average molecular weight is 382 g/mol. The predicted octanol–water partition coefficient (Wildman–Crippen LogP) is 4.30. The Hall–Kier alpha value is -2.28. The van der Waals surface area contributed by atoms with Gasteiger partial charge in [-0.05, 0) is 42.5 Å². The summed E-state index contributed by atoms with van der Waals surface area (Å²) < 4.78 is 44.1. The van der Waals surface area contributed by atoms with Crippen LogP contribution in [0.2, 0.25) is 0 Å². The number of methoxy groups -OCH3 is 1. The molecule has 7 heteroatoms. The van der Waals surface area contributed by atoms with Crippen LogP contribution in [0.5, 0.6) is 0 Å². The molecule has 2 aromatic rings. The molecular weight excluding hydrogens is 357 g/mol. The average Bonchev–Trinajstić information content (AvgIpc) is 2.60. The molecule has 0 spiro atoms. The number of benzene rings is 1. The van der Waals surface area contributed by atoms with E-state index in [2.05, 4.69) is 10.3 Å². The molecule has 1 aromatic carbocycles. The van der Waals surface area contributed by atoms with Gasteiger partial charge in [0.1, 0.15) is 5.69 Å². The number of anilines is 1. The minimum atomic E-state index is -4.39. The largest absolute Gasteiger partial charge is 0.416 e. The van der Waals surface area contributed by atoms with Crippen molar-refractivity contribution in [2.75, 3.05) is 25.6 Å². The zero-order valence-electron chi connectivity index (χ0n) is 15.8. The van der Waals surface area contributed by atoms with E-state index in [4.69, 9.17) is 4.74 Å². The summed E-state index contributed by atoms with van der Waals surface area (Å²) in [6.45, 7) is 4.87. The molecule has 1 aromatic heterocycles. The SMILES string of the molecule is CCc1c(C)[nH]c(=O)c(NCCCOC)c1Cc1cccc(C(F)(F)F)c1. The van der Waals surface area contributed by atoms with Gasteiger partial charge in [-0.3, -0.25) is 4.79 Å². The fourth-order valence-corrected chi connectivity index (χ4v) is 3.17. The van der Waals surface area contributed by atoms with Crippen LogP contribution >= 0.6 is 0 Å². The van der Waals surface area contributed by atoms with E-state index in [9.17, 15) is 18.0 Å². The van der Waals surface area contributed by atoms with E-state index in [-0.39, 0.29) is 12.0 Å². The van der Waals surface area contributed by atoms with Crippen molar-refractivity contribution in [1.82, 2.24) is 4.98 Å². The Morgan fingerprint density at radius 1 is 1.22 bits per heavy atom. The Morgan fingerprint density at radius 2 is 1.96 bits per heavy atom. The molecule has 0 aliphatic rings. The number of rotatable bonds is 8. The third-order valence-corrected chi connectivity index (χ3v) is 4.46. The molecule has 0 saturated heterocycles. The molecule has 0 saturated carbocycles. The second kappa shape index (κ2) is 9.08. The van der Waals surface area contributed by atoms with E-state index in [0.29, 0.717) is 37.2 Å². The van der Waals surface area contributed by atoms with Crippen molar-refractivity contribution in [3.05, 3.63) is 62.6 Å². The van der Waals surface area contributed by atoms with Crippen LogP contribution in [0, 0.1) is 6.92 Å². The molecule has 4 nitrogen and oxygen atoms in total. The fraction of sp³-hybridized carbons (Fsp3) is 0.450. The van der Waals surface area contributed by atoms with Crippen molar-refractivity contribution >= 4 is 5.69 Å². The quantitative estimate of drug-likeness (QED) is 0.669. The van der Waals surface area contributed by atoms with Crippen LogP contribution in [0.1, 0.15) is 41.3 Å². The molecule has 0 radical (unpaired) electrons. The lowest BCUT2D eigenvalue weighted by molar-refractivity contribution is -0.137. The predicted molar refractivity (Wildman–Crippen MR) is 100 cm³/mol. The molecule has 1 heterocycles. The van der Waals surface area contributed by atoms with E-state index in [1.807, 2.05) is 13.8 Å². The molecule has 0 atom stereocenters. The van der Waals surface area contributed by atoms with Crippen LogP contribution in [0.4, 0.5) is 18.9 Å². The molecule has 27 heavy (non-hydrogen) atoms.